The summed E-state index contributed by atoms with van der Waals surface area (Å²) >= 11 is 1.63. The molecule has 1 saturated carbocycles. The predicted octanol–water partition coefficient (Wildman–Crippen LogP) is 6.76. The van der Waals surface area contributed by atoms with Gasteiger partial charge in [-0.1, -0.05) is 63.4 Å². The molecule has 5 nitrogen and oxygen atoms in total. The van der Waals surface area contributed by atoms with Crippen molar-refractivity contribution in [3.63, 3.8) is 0 Å². The van der Waals surface area contributed by atoms with E-state index in [1.165, 1.54) is 19.3 Å². The molecule has 1 aromatic heterocycles. The molecular weight excluding hydrogens is 462 g/mol. The number of hydrogen-bond donors (Lipinski definition) is 0. The van der Waals surface area contributed by atoms with Crippen molar-refractivity contribution in [3.05, 3.63) is 64.8 Å². The van der Waals surface area contributed by atoms with Gasteiger partial charge in [0, 0.05) is 30.1 Å². The van der Waals surface area contributed by atoms with Gasteiger partial charge in [-0.15, -0.1) is 11.3 Å². The molecule has 1 fully saturated rings. The molecule has 0 atom stereocenters. The van der Waals surface area contributed by atoms with Crippen molar-refractivity contribution >= 4 is 27.0 Å². The van der Waals surface area contributed by atoms with Crippen molar-refractivity contribution in [2.45, 2.75) is 69.7 Å². The molecule has 0 spiro atoms. The number of rotatable bonds is 9. The minimum absolute atomic E-state index is 0.370. The van der Waals surface area contributed by atoms with Crippen molar-refractivity contribution < 1.29 is 8.42 Å². The van der Waals surface area contributed by atoms with Gasteiger partial charge >= 0.3 is 0 Å². The van der Waals surface area contributed by atoms with Gasteiger partial charge in [-0.25, -0.2) is 13.4 Å². The van der Waals surface area contributed by atoms with Crippen LogP contribution in [0.25, 0.3) is 11.3 Å². The van der Waals surface area contributed by atoms with E-state index in [1.54, 1.807) is 21.7 Å². The number of sulfonamides is 1. The maximum Gasteiger partial charge on any atom is 0.243 e. The van der Waals surface area contributed by atoms with Crippen molar-refractivity contribution in [1.82, 2.24) is 8.87 Å². The molecule has 182 valence electrons. The number of benzene rings is 2. The summed E-state index contributed by atoms with van der Waals surface area (Å²) in [5, 5.41) is 2.14. The van der Waals surface area contributed by atoms with Gasteiger partial charge in [0.2, 0.25) is 10.0 Å². The fourth-order valence-corrected chi connectivity index (χ4v) is 7.39. The second-order valence-electron chi connectivity index (χ2n) is 8.94. The Morgan fingerprint density at radius 3 is 2.35 bits per heavy atom. The van der Waals surface area contributed by atoms with E-state index in [-0.39, 0.29) is 0 Å². The number of aromatic nitrogens is 1. The highest BCUT2D eigenvalue weighted by Crippen LogP contribution is 2.33. The van der Waals surface area contributed by atoms with Crippen LogP contribution < -0.4 is 4.80 Å². The van der Waals surface area contributed by atoms with Gasteiger partial charge in [0.1, 0.15) is 0 Å². The summed E-state index contributed by atoms with van der Waals surface area (Å²) in [7, 11) is -3.53. The quantitative estimate of drug-likeness (QED) is 0.328. The molecule has 0 saturated heterocycles. The largest absolute Gasteiger partial charge is 0.313 e. The van der Waals surface area contributed by atoms with Crippen LogP contribution in [-0.4, -0.2) is 30.4 Å². The smallest absolute Gasteiger partial charge is 0.243 e. The van der Waals surface area contributed by atoms with E-state index in [0.29, 0.717) is 24.0 Å². The second-order valence-corrected chi connectivity index (χ2v) is 11.7. The number of hydrogen-bond acceptors (Lipinski definition) is 4. The van der Waals surface area contributed by atoms with Crippen molar-refractivity contribution in [1.29, 1.82) is 0 Å². The van der Waals surface area contributed by atoms with Gasteiger partial charge in [0.05, 0.1) is 16.3 Å². The standard InChI is InChI=1S/C27H35N3O2S2/c1-3-18-29(19-4-2)34(31,32)25-17-11-12-22(20-25)26-21-33-27(28-23-13-7-5-8-14-23)30(26)24-15-9-6-10-16-24/h5,7-8,11-14,17,20-21,24H,3-4,6,9-10,15-16,18-19H2,1-2H3. The summed E-state index contributed by atoms with van der Waals surface area (Å²) in [6.07, 6.45) is 7.57. The van der Waals surface area contributed by atoms with Gasteiger partial charge < -0.3 is 4.57 Å². The van der Waals surface area contributed by atoms with E-state index in [4.69, 9.17) is 4.99 Å². The highest BCUT2D eigenvalue weighted by Gasteiger charge is 2.25. The molecule has 1 aliphatic rings. The van der Waals surface area contributed by atoms with Gasteiger partial charge in [0.15, 0.2) is 4.80 Å². The van der Waals surface area contributed by atoms with Crippen molar-refractivity contribution in [3.8, 4) is 11.3 Å². The summed E-state index contributed by atoms with van der Waals surface area (Å²) in [5.74, 6) is 0. The molecule has 0 aliphatic heterocycles. The normalized spacial score (nSPS) is 15.8. The Labute approximate surface area is 207 Å². The number of thiazole rings is 1. The molecule has 0 bridgehead atoms. The van der Waals surface area contributed by atoms with Crippen LogP contribution in [0.3, 0.4) is 0 Å². The topological polar surface area (TPSA) is 54.7 Å². The summed E-state index contributed by atoms with van der Waals surface area (Å²) < 4.78 is 30.8. The first-order valence-electron chi connectivity index (χ1n) is 12.4. The van der Waals surface area contributed by atoms with E-state index in [9.17, 15) is 8.42 Å². The molecule has 1 aliphatic carbocycles. The Kier molecular flexibility index (Phi) is 8.40. The molecule has 0 unspecified atom stereocenters. The molecule has 2 aromatic carbocycles. The van der Waals surface area contributed by atoms with Gasteiger partial charge in [-0.05, 0) is 49.9 Å². The van der Waals surface area contributed by atoms with Crippen LogP contribution in [0.15, 0.2) is 69.9 Å². The maximum atomic E-state index is 13.4. The summed E-state index contributed by atoms with van der Waals surface area (Å²) in [6, 6.07) is 17.9. The molecule has 7 heteroatoms. The van der Waals surface area contributed by atoms with E-state index < -0.39 is 10.0 Å². The minimum Gasteiger partial charge on any atom is -0.313 e. The minimum atomic E-state index is -3.53. The average Bonchev–Trinajstić information content (AvgIpc) is 3.28. The lowest BCUT2D eigenvalue weighted by atomic mass is 9.95. The van der Waals surface area contributed by atoms with Crippen LogP contribution in [-0.2, 0) is 10.0 Å². The molecule has 1 heterocycles. The van der Waals surface area contributed by atoms with Crippen molar-refractivity contribution in [2.24, 2.45) is 4.99 Å². The maximum absolute atomic E-state index is 13.4. The highest BCUT2D eigenvalue weighted by molar-refractivity contribution is 7.89. The van der Waals surface area contributed by atoms with E-state index in [2.05, 4.69) is 9.95 Å². The van der Waals surface area contributed by atoms with Crippen LogP contribution in [0, 0.1) is 0 Å². The summed E-state index contributed by atoms with van der Waals surface area (Å²) in [5.41, 5.74) is 2.93. The molecule has 34 heavy (non-hydrogen) atoms. The molecule has 0 N–H and O–H groups in total. The van der Waals surface area contributed by atoms with Gasteiger partial charge in [-0.3, -0.25) is 0 Å². The third kappa shape index (κ3) is 5.53. The Bertz CT molecular complexity index is 1230. The predicted molar refractivity (Wildman–Crippen MR) is 141 cm³/mol. The third-order valence-electron chi connectivity index (χ3n) is 6.38. The average molecular weight is 498 g/mol. The van der Waals surface area contributed by atoms with Crippen LogP contribution in [0.4, 0.5) is 5.69 Å². The van der Waals surface area contributed by atoms with Crippen LogP contribution in [0.5, 0.6) is 0 Å². The lowest BCUT2D eigenvalue weighted by molar-refractivity contribution is 0.351. The summed E-state index contributed by atoms with van der Waals surface area (Å²) in [6.45, 7) is 5.12. The zero-order valence-electron chi connectivity index (χ0n) is 20.2. The monoisotopic (exact) mass is 497 g/mol. The Morgan fingerprint density at radius 2 is 1.68 bits per heavy atom. The first-order chi connectivity index (χ1) is 16.5. The van der Waals surface area contributed by atoms with Gasteiger partial charge in [0.25, 0.3) is 0 Å². The van der Waals surface area contributed by atoms with Crippen molar-refractivity contribution in [2.75, 3.05) is 13.1 Å². The Balaban J connectivity index is 1.80. The number of nitrogens with zero attached hydrogens (tertiary/aromatic N) is 3. The number of para-hydroxylation sites is 1. The molecule has 0 amide bonds. The fraction of sp³-hybridized carbons (Fsp3) is 0.444. The molecule has 3 aromatic rings. The Morgan fingerprint density at radius 1 is 0.971 bits per heavy atom. The van der Waals surface area contributed by atoms with Crippen LogP contribution in [0.2, 0.25) is 0 Å². The SMILES string of the molecule is CCCN(CCC)S(=O)(=O)c1cccc(-c2csc(=Nc3ccccc3)n2C2CCCCC2)c1. The lowest BCUT2D eigenvalue weighted by Crippen LogP contribution is -2.32. The first kappa shape index (κ1) is 24.9. The molecule has 4 rings (SSSR count). The lowest BCUT2D eigenvalue weighted by Gasteiger charge is -2.25. The van der Waals surface area contributed by atoms with Gasteiger partial charge in [-0.2, -0.15) is 4.31 Å². The first-order valence-corrected chi connectivity index (χ1v) is 14.8. The highest BCUT2D eigenvalue weighted by atomic mass is 32.2. The summed E-state index contributed by atoms with van der Waals surface area (Å²) in [4.78, 5) is 6.31. The van der Waals surface area contributed by atoms with E-state index in [0.717, 1.165) is 47.4 Å². The molecule has 0 radical (unpaired) electrons. The van der Waals surface area contributed by atoms with Crippen LogP contribution >= 0.6 is 11.3 Å². The van der Waals surface area contributed by atoms with E-state index in [1.807, 2.05) is 62.4 Å². The van der Waals surface area contributed by atoms with E-state index >= 15 is 0 Å². The fourth-order valence-electron chi connectivity index (χ4n) is 4.73. The second kappa shape index (κ2) is 11.5. The zero-order chi connectivity index (χ0) is 24.0. The van der Waals surface area contributed by atoms with Crippen LogP contribution in [0.1, 0.15) is 64.8 Å². The Hall–Kier alpha value is -2.22. The zero-order valence-corrected chi connectivity index (χ0v) is 21.8. The third-order valence-corrected chi connectivity index (χ3v) is 9.11. The molecular formula is C27H35N3O2S2.